The van der Waals surface area contributed by atoms with Crippen molar-refractivity contribution in [2.24, 2.45) is 0 Å². The molecule has 2 heterocycles. The molecule has 0 spiro atoms. The summed E-state index contributed by atoms with van der Waals surface area (Å²) in [6.07, 6.45) is 4.60. The molecule has 1 aromatic rings. The molecule has 0 radical (unpaired) electrons. The predicted octanol–water partition coefficient (Wildman–Crippen LogP) is 1.03. The summed E-state index contributed by atoms with van der Waals surface area (Å²) in [4.78, 5) is 24.4. The summed E-state index contributed by atoms with van der Waals surface area (Å²) in [5.74, 6) is 0.0272. The van der Waals surface area contributed by atoms with Crippen LogP contribution in [-0.2, 0) is 0 Å². The number of rotatable bonds is 2. The van der Waals surface area contributed by atoms with E-state index in [1.807, 2.05) is 4.90 Å². The summed E-state index contributed by atoms with van der Waals surface area (Å²) in [6, 6.07) is 0. The number of nitrogens with zero attached hydrogens (tertiary/aromatic N) is 4. The second kappa shape index (κ2) is 5.02. The van der Waals surface area contributed by atoms with Crippen molar-refractivity contribution in [1.29, 1.82) is 0 Å². The average molecular weight is 248 g/mol. The van der Waals surface area contributed by atoms with Gasteiger partial charge in [-0.05, 0) is 20.4 Å². The molecule has 0 aromatic carbocycles. The van der Waals surface area contributed by atoms with Gasteiger partial charge in [0.1, 0.15) is 6.33 Å². The van der Waals surface area contributed by atoms with E-state index in [0.717, 1.165) is 26.2 Å². The Kier molecular flexibility index (Phi) is 3.61. The second-order valence-electron chi connectivity index (χ2n) is 5.25. The number of likely N-dealkylation sites (N-methyl/N-ethyl adjacent to an activating group) is 1. The molecule has 1 amide bonds. The zero-order valence-corrected chi connectivity index (χ0v) is 11.3. The second-order valence-corrected chi connectivity index (χ2v) is 5.25. The zero-order valence-electron chi connectivity index (χ0n) is 11.3. The van der Waals surface area contributed by atoms with Gasteiger partial charge in [-0.1, -0.05) is 6.92 Å². The lowest BCUT2D eigenvalue weighted by molar-refractivity contribution is 0.0209. The van der Waals surface area contributed by atoms with E-state index in [2.05, 4.69) is 35.6 Å². The van der Waals surface area contributed by atoms with Crippen molar-refractivity contribution in [1.82, 2.24) is 19.8 Å². The summed E-state index contributed by atoms with van der Waals surface area (Å²) in [5.41, 5.74) is 0.594. The first-order valence-corrected chi connectivity index (χ1v) is 6.34. The Morgan fingerprint density at radius 1 is 1.33 bits per heavy atom. The van der Waals surface area contributed by atoms with Crippen LogP contribution in [0.25, 0.3) is 0 Å². The van der Waals surface area contributed by atoms with Gasteiger partial charge in [0.2, 0.25) is 0 Å². The Morgan fingerprint density at radius 3 is 2.56 bits per heavy atom. The summed E-state index contributed by atoms with van der Waals surface area (Å²) >= 11 is 0. The first-order chi connectivity index (χ1) is 8.54. The average Bonchev–Trinajstić information content (AvgIpc) is 2.37. The van der Waals surface area contributed by atoms with Gasteiger partial charge in [-0.3, -0.25) is 9.69 Å². The molecule has 98 valence electrons. The molecular formula is C13H20N4O. The lowest BCUT2D eigenvalue weighted by Gasteiger charge is -2.46. The Labute approximate surface area is 108 Å². The normalized spacial score (nSPS) is 19.8. The van der Waals surface area contributed by atoms with Crippen LogP contribution < -0.4 is 0 Å². The molecule has 1 fully saturated rings. The smallest absolute Gasteiger partial charge is 0.257 e. The minimum atomic E-state index is 0.0261. The molecule has 0 bridgehead atoms. The van der Waals surface area contributed by atoms with Gasteiger partial charge in [-0.2, -0.15) is 0 Å². The Bertz CT molecular complexity index is 418. The number of carbonyl (C=O) groups is 1. The Hall–Kier alpha value is -1.49. The number of carbonyl (C=O) groups excluding carboxylic acids is 1. The highest BCUT2D eigenvalue weighted by atomic mass is 16.2. The van der Waals surface area contributed by atoms with E-state index in [0.29, 0.717) is 5.56 Å². The maximum Gasteiger partial charge on any atom is 0.257 e. The van der Waals surface area contributed by atoms with Crippen LogP contribution in [0.3, 0.4) is 0 Å². The van der Waals surface area contributed by atoms with Gasteiger partial charge >= 0.3 is 0 Å². The fourth-order valence-corrected chi connectivity index (χ4v) is 2.54. The van der Waals surface area contributed by atoms with Crippen LogP contribution in [-0.4, -0.2) is 57.4 Å². The van der Waals surface area contributed by atoms with Gasteiger partial charge in [-0.15, -0.1) is 0 Å². The minimum absolute atomic E-state index is 0.0261. The maximum absolute atomic E-state index is 12.3. The van der Waals surface area contributed by atoms with E-state index in [1.165, 1.54) is 6.33 Å². The van der Waals surface area contributed by atoms with Crippen LogP contribution in [0.5, 0.6) is 0 Å². The Morgan fingerprint density at radius 2 is 2.00 bits per heavy atom. The van der Waals surface area contributed by atoms with Gasteiger partial charge in [0.25, 0.3) is 5.91 Å². The van der Waals surface area contributed by atoms with Crippen LogP contribution >= 0.6 is 0 Å². The number of piperazine rings is 1. The van der Waals surface area contributed by atoms with Crippen molar-refractivity contribution in [2.45, 2.75) is 26.3 Å². The van der Waals surface area contributed by atoms with Gasteiger partial charge in [0, 0.05) is 37.6 Å². The molecule has 18 heavy (non-hydrogen) atoms. The van der Waals surface area contributed by atoms with E-state index in [4.69, 9.17) is 0 Å². The number of hydrogen-bond donors (Lipinski definition) is 0. The van der Waals surface area contributed by atoms with Gasteiger partial charge < -0.3 is 4.90 Å². The van der Waals surface area contributed by atoms with Crippen molar-refractivity contribution in [2.75, 3.05) is 26.2 Å². The van der Waals surface area contributed by atoms with E-state index in [-0.39, 0.29) is 11.4 Å². The fraction of sp³-hybridized carbons (Fsp3) is 0.615. The van der Waals surface area contributed by atoms with Crippen LogP contribution in [0.15, 0.2) is 18.7 Å². The molecule has 1 saturated heterocycles. The monoisotopic (exact) mass is 248 g/mol. The molecule has 1 aliphatic heterocycles. The standard InChI is InChI=1S/C13H20N4O/c1-4-17-6-5-16(9-13(17,2)3)12(18)11-7-14-10-15-8-11/h7-8,10H,4-6,9H2,1-3H3. The van der Waals surface area contributed by atoms with E-state index < -0.39 is 0 Å². The molecule has 0 N–H and O–H groups in total. The third-order valence-corrected chi connectivity index (χ3v) is 3.55. The molecule has 0 atom stereocenters. The summed E-state index contributed by atoms with van der Waals surface area (Å²) < 4.78 is 0. The SMILES string of the molecule is CCN1CCN(C(=O)c2cncnc2)CC1(C)C. The molecule has 1 aliphatic rings. The third kappa shape index (κ3) is 2.51. The summed E-state index contributed by atoms with van der Waals surface area (Å²) in [5, 5.41) is 0. The largest absolute Gasteiger partial charge is 0.335 e. The maximum atomic E-state index is 12.3. The molecular weight excluding hydrogens is 228 g/mol. The van der Waals surface area contributed by atoms with E-state index in [9.17, 15) is 4.79 Å². The topological polar surface area (TPSA) is 49.3 Å². The Balaban J connectivity index is 2.10. The molecule has 0 saturated carbocycles. The molecule has 2 rings (SSSR count). The lowest BCUT2D eigenvalue weighted by atomic mass is 9.98. The van der Waals surface area contributed by atoms with Crippen LogP contribution in [0.4, 0.5) is 0 Å². The van der Waals surface area contributed by atoms with Crippen molar-refractivity contribution < 1.29 is 4.79 Å². The van der Waals surface area contributed by atoms with Crippen LogP contribution in [0, 0.1) is 0 Å². The van der Waals surface area contributed by atoms with Crippen LogP contribution in [0.1, 0.15) is 31.1 Å². The first-order valence-electron chi connectivity index (χ1n) is 6.34. The number of aromatic nitrogens is 2. The number of amides is 1. The molecule has 0 unspecified atom stereocenters. The van der Waals surface area contributed by atoms with Gasteiger partial charge in [0.15, 0.2) is 0 Å². The molecule has 0 aliphatic carbocycles. The van der Waals surface area contributed by atoms with Gasteiger partial charge in [0.05, 0.1) is 5.56 Å². The predicted molar refractivity (Wildman–Crippen MR) is 69.3 cm³/mol. The highest BCUT2D eigenvalue weighted by Crippen LogP contribution is 2.21. The molecule has 5 nitrogen and oxygen atoms in total. The highest BCUT2D eigenvalue weighted by Gasteiger charge is 2.34. The summed E-state index contributed by atoms with van der Waals surface area (Å²) in [6.45, 7) is 9.96. The highest BCUT2D eigenvalue weighted by molar-refractivity contribution is 5.93. The zero-order chi connectivity index (χ0) is 13.2. The number of hydrogen-bond acceptors (Lipinski definition) is 4. The van der Waals surface area contributed by atoms with E-state index >= 15 is 0 Å². The quantitative estimate of drug-likeness (QED) is 0.784. The third-order valence-electron chi connectivity index (χ3n) is 3.55. The molecule has 5 heteroatoms. The van der Waals surface area contributed by atoms with Crippen molar-refractivity contribution in [3.05, 3.63) is 24.3 Å². The van der Waals surface area contributed by atoms with Gasteiger partial charge in [-0.25, -0.2) is 9.97 Å². The minimum Gasteiger partial charge on any atom is -0.335 e. The van der Waals surface area contributed by atoms with Crippen LogP contribution in [0.2, 0.25) is 0 Å². The van der Waals surface area contributed by atoms with Crippen molar-refractivity contribution >= 4 is 5.91 Å². The molecule has 1 aromatic heterocycles. The fourth-order valence-electron chi connectivity index (χ4n) is 2.54. The first kappa shape index (κ1) is 13.0. The lowest BCUT2D eigenvalue weighted by Crippen LogP contribution is -2.60. The van der Waals surface area contributed by atoms with E-state index in [1.54, 1.807) is 12.4 Å². The van der Waals surface area contributed by atoms with Crippen molar-refractivity contribution in [3.63, 3.8) is 0 Å². The van der Waals surface area contributed by atoms with Crippen molar-refractivity contribution in [3.8, 4) is 0 Å². The summed E-state index contributed by atoms with van der Waals surface area (Å²) in [7, 11) is 0.